The number of rotatable bonds is 5. The number of amides is 1. The van der Waals surface area contributed by atoms with Crippen molar-refractivity contribution in [2.24, 2.45) is 11.7 Å². The van der Waals surface area contributed by atoms with Crippen molar-refractivity contribution < 1.29 is 4.79 Å². The van der Waals surface area contributed by atoms with Gasteiger partial charge in [-0.1, -0.05) is 6.92 Å². The molecule has 88 valence electrons. The van der Waals surface area contributed by atoms with Crippen LogP contribution in [0.25, 0.3) is 0 Å². The number of carbonyl (C=O) groups is 1. The third kappa shape index (κ3) is 3.98. The van der Waals surface area contributed by atoms with Crippen LogP contribution in [0.4, 0.5) is 5.69 Å². The summed E-state index contributed by atoms with van der Waals surface area (Å²) in [5.41, 5.74) is 7.11. The molecule has 0 aromatic carbocycles. The lowest BCUT2D eigenvalue weighted by molar-refractivity contribution is -0.116. The van der Waals surface area contributed by atoms with Crippen LogP contribution in [0.2, 0.25) is 0 Å². The van der Waals surface area contributed by atoms with Gasteiger partial charge in [0.15, 0.2) is 0 Å². The number of pyridine rings is 1. The van der Waals surface area contributed by atoms with E-state index in [1.807, 2.05) is 26.0 Å². The summed E-state index contributed by atoms with van der Waals surface area (Å²) in [5.74, 6) is 0.414. The molecule has 0 aliphatic carbocycles. The van der Waals surface area contributed by atoms with E-state index in [1.54, 1.807) is 6.20 Å². The van der Waals surface area contributed by atoms with Crippen LogP contribution < -0.4 is 11.1 Å². The number of nitrogens with two attached hydrogens (primary N) is 1. The van der Waals surface area contributed by atoms with E-state index >= 15 is 0 Å². The minimum absolute atomic E-state index is 0.0244. The number of carbonyl (C=O) groups excluding carboxylic acids is 1. The molecule has 1 aromatic rings. The van der Waals surface area contributed by atoms with Gasteiger partial charge in [-0.25, -0.2) is 0 Å². The first-order chi connectivity index (χ1) is 7.63. The van der Waals surface area contributed by atoms with Gasteiger partial charge in [0.1, 0.15) is 0 Å². The summed E-state index contributed by atoms with van der Waals surface area (Å²) < 4.78 is 0. The predicted octanol–water partition coefficient (Wildman–Crippen LogP) is 1.70. The van der Waals surface area contributed by atoms with Crippen molar-refractivity contribution in [3.8, 4) is 0 Å². The molecule has 4 nitrogen and oxygen atoms in total. The molecule has 1 amide bonds. The SMILES string of the molecule is Cc1ncccc1NC(=O)CCC(C)CN. The van der Waals surface area contributed by atoms with Gasteiger partial charge in [-0.05, 0) is 37.9 Å². The van der Waals surface area contributed by atoms with E-state index in [-0.39, 0.29) is 5.91 Å². The third-order valence-electron chi connectivity index (χ3n) is 2.55. The van der Waals surface area contributed by atoms with Gasteiger partial charge in [-0.15, -0.1) is 0 Å². The van der Waals surface area contributed by atoms with E-state index in [9.17, 15) is 4.79 Å². The Hall–Kier alpha value is -1.42. The number of hydrogen-bond donors (Lipinski definition) is 2. The second-order valence-electron chi connectivity index (χ2n) is 4.06. The second-order valence-corrected chi connectivity index (χ2v) is 4.06. The van der Waals surface area contributed by atoms with Gasteiger partial charge in [0.2, 0.25) is 5.91 Å². The molecule has 0 aliphatic rings. The minimum Gasteiger partial charge on any atom is -0.330 e. The molecule has 1 rings (SSSR count). The van der Waals surface area contributed by atoms with Crippen molar-refractivity contribution in [2.45, 2.75) is 26.7 Å². The molecule has 0 fully saturated rings. The van der Waals surface area contributed by atoms with Crippen molar-refractivity contribution in [1.82, 2.24) is 4.98 Å². The maximum absolute atomic E-state index is 11.6. The van der Waals surface area contributed by atoms with E-state index in [4.69, 9.17) is 5.73 Å². The summed E-state index contributed by atoms with van der Waals surface area (Å²) in [6.07, 6.45) is 3.04. The zero-order chi connectivity index (χ0) is 12.0. The highest BCUT2D eigenvalue weighted by atomic mass is 16.1. The Morgan fingerprint density at radius 3 is 3.00 bits per heavy atom. The molecule has 0 spiro atoms. The van der Waals surface area contributed by atoms with E-state index < -0.39 is 0 Å². The van der Waals surface area contributed by atoms with Crippen LogP contribution in [0.3, 0.4) is 0 Å². The largest absolute Gasteiger partial charge is 0.330 e. The number of aromatic nitrogens is 1. The molecule has 0 radical (unpaired) electrons. The van der Waals surface area contributed by atoms with Crippen LogP contribution in [0, 0.1) is 12.8 Å². The molecule has 0 bridgehead atoms. The Morgan fingerprint density at radius 2 is 2.38 bits per heavy atom. The Kier molecular flexibility index (Phi) is 4.92. The van der Waals surface area contributed by atoms with Gasteiger partial charge in [0, 0.05) is 12.6 Å². The Balaban J connectivity index is 2.43. The van der Waals surface area contributed by atoms with Gasteiger partial charge in [0.05, 0.1) is 11.4 Å². The van der Waals surface area contributed by atoms with Gasteiger partial charge < -0.3 is 11.1 Å². The van der Waals surface area contributed by atoms with Crippen molar-refractivity contribution in [2.75, 3.05) is 11.9 Å². The lowest BCUT2D eigenvalue weighted by atomic mass is 10.1. The average molecular weight is 221 g/mol. The summed E-state index contributed by atoms with van der Waals surface area (Å²) in [6, 6.07) is 3.66. The van der Waals surface area contributed by atoms with E-state index in [2.05, 4.69) is 10.3 Å². The van der Waals surface area contributed by atoms with Crippen LogP contribution in [0.1, 0.15) is 25.5 Å². The number of aryl methyl sites for hydroxylation is 1. The fraction of sp³-hybridized carbons (Fsp3) is 0.500. The molecular formula is C12H19N3O. The first-order valence-corrected chi connectivity index (χ1v) is 5.55. The standard InChI is InChI=1S/C12H19N3O/c1-9(8-13)5-6-12(16)15-11-4-3-7-14-10(11)2/h3-4,7,9H,5-6,8,13H2,1-2H3,(H,15,16). The smallest absolute Gasteiger partial charge is 0.224 e. The summed E-state index contributed by atoms with van der Waals surface area (Å²) in [5, 5.41) is 2.85. The highest BCUT2D eigenvalue weighted by Crippen LogP contribution is 2.12. The van der Waals surface area contributed by atoms with Crippen molar-refractivity contribution in [1.29, 1.82) is 0 Å². The molecule has 0 saturated carbocycles. The zero-order valence-electron chi connectivity index (χ0n) is 9.86. The van der Waals surface area contributed by atoms with Crippen LogP contribution >= 0.6 is 0 Å². The zero-order valence-corrected chi connectivity index (χ0v) is 9.86. The van der Waals surface area contributed by atoms with Crippen molar-refractivity contribution in [3.05, 3.63) is 24.0 Å². The minimum atomic E-state index is 0.0244. The molecule has 3 N–H and O–H groups in total. The monoisotopic (exact) mass is 221 g/mol. The van der Waals surface area contributed by atoms with E-state index in [0.29, 0.717) is 18.9 Å². The Labute approximate surface area is 96.3 Å². The average Bonchev–Trinajstić information content (AvgIpc) is 2.29. The number of hydrogen-bond acceptors (Lipinski definition) is 3. The lowest BCUT2D eigenvalue weighted by Crippen LogP contribution is -2.16. The first-order valence-electron chi connectivity index (χ1n) is 5.55. The van der Waals surface area contributed by atoms with Crippen molar-refractivity contribution >= 4 is 11.6 Å². The van der Waals surface area contributed by atoms with Crippen LogP contribution in [-0.4, -0.2) is 17.4 Å². The molecule has 0 saturated heterocycles. The third-order valence-corrected chi connectivity index (χ3v) is 2.55. The van der Waals surface area contributed by atoms with Crippen LogP contribution in [-0.2, 0) is 4.79 Å². The van der Waals surface area contributed by atoms with Gasteiger partial charge >= 0.3 is 0 Å². The Morgan fingerprint density at radius 1 is 1.62 bits per heavy atom. The first kappa shape index (κ1) is 12.6. The summed E-state index contributed by atoms with van der Waals surface area (Å²) in [6.45, 7) is 4.54. The maximum atomic E-state index is 11.6. The van der Waals surface area contributed by atoms with Gasteiger partial charge in [0.25, 0.3) is 0 Å². The molecule has 1 heterocycles. The molecule has 1 aromatic heterocycles. The number of nitrogens with zero attached hydrogens (tertiary/aromatic N) is 1. The second kappa shape index (κ2) is 6.23. The molecule has 1 atom stereocenters. The van der Waals surface area contributed by atoms with Gasteiger partial charge in [-0.3, -0.25) is 9.78 Å². The highest BCUT2D eigenvalue weighted by molar-refractivity contribution is 5.91. The molecule has 16 heavy (non-hydrogen) atoms. The number of nitrogens with one attached hydrogen (secondary N) is 1. The topological polar surface area (TPSA) is 68.0 Å². The fourth-order valence-electron chi connectivity index (χ4n) is 1.32. The lowest BCUT2D eigenvalue weighted by Gasteiger charge is -2.09. The predicted molar refractivity (Wildman–Crippen MR) is 65.1 cm³/mol. The summed E-state index contributed by atoms with van der Waals surface area (Å²) >= 11 is 0. The highest BCUT2D eigenvalue weighted by Gasteiger charge is 2.07. The Bertz CT molecular complexity index is 352. The van der Waals surface area contributed by atoms with E-state index in [1.165, 1.54) is 0 Å². The maximum Gasteiger partial charge on any atom is 0.224 e. The molecule has 4 heteroatoms. The molecule has 0 aliphatic heterocycles. The molecule has 1 unspecified atom stereocenters. The normalized spacial score (nSPS) is 12.2. The quantitative estimate of drug-likeness (QED) is 0.795. The molecular weight excluding hydrogens is 202 g/mol. The summed E-state index contributed by atoms with van der Waals surface area (Å²) in [4.78, 5) is 15.7. The summed E-state index contributed by atoms with van der Waals surface area (Å²) in [7, 11) is 0. The van der Waals surface area contributed by atoms with E-state index in [0.717, 1.165) is 17.8 Å². The van der Waals surface area contributed by atoms with Crippen LogP contribution in [0.15, 0.2) is 18.3 Å². The van der Waals surface area contributed by atoms with Gasteiger partial charge in [-0.2, -0.15) is 0 Å². The fourth-order valence-corrected chi connectivity index (χ4v) is 1.32. The van der Waals surface area contributed by atoms with Crippen LogP contribution in [0.5, 0.6) is 0 Å². The van der Waals surface area contributed by atoms with Crippen molar-refractivity contribution in [3.63, 3.8) is 0 Å². The number of anilines is 1.